The highest BCUT2D eigenvalue weighted by Crippen LogP contribution is 2.21. The zero-order valence-electron chi connectivity index (χ0n) is 12.1. The van der Waals surface area contributed by atoms with Gasteiger partial charge in [0, 0.05) is 19.8 Å². The number of ether oxygens (including phenoxy) is 1. The SMILES string of the molecule is CCN(C)C(=O)C(C)Nc1nccc(C(=O)OC)c1N. The number of nitrogens with two attached hydrogens (primary N) is 1. The Labute approximate surface area is 118 Å². The molecule has 20 heavy (non-hydrogen) atoms. The van der Waals surface area contributed by atoms with Crippen molar-refractivity contribution in [2.75, 3.05) is 31.8 Å². The van der Waals surface area contributed by atoms with Gasteiger partial charge in [0.05, 0.1) is 18.4 Å². The van der Waals surface area contributed by atoms with Crippen LogP contribution in [0.25, 0.3) is 0 Å². The summed E-state index contributed by atoms with van der Waals surface area (Å²) in [7, 11) is 2.99. The second kappa shape index (κ2) is 6.74. The molecule has 1 atom stereocenters. The Kier molecular flexibility index (Phi) is 5.31. The molecule has 1 aromatic rings. The lowest BCUT2D eigenvalue weighted by atomic mass is 10.2. The first-order valence-corrected chi connectivity index (χ1v) is 6.26. The van der Waals surface area contributed by atoms with Crippen molar-refractivity contribution in [2.45, 2.75) is 19.9 Å². The minimum Gasteiger partial charge on any atom is -0.465 e. The minimum absolute atomic E-state index is 0.0860. The number of carbonyl (C=O) groups is 2. The molecule has 110 valence electrons. The van der Waals surface area contributed by atoms with Gasteiger partial charge in [0.2, 0.25) is 5.91 Å². The van der Waals surface area contributed by atoms with Crippen molar-refractivity contribution in [3.05, 3.63) is 17.8 Å². The summed E-state index contributed by atoms with van der Waals surface area (Å²) in [4.78, 5) is 29.1. The van der Waals surface area contributed by atoms with E-state index in [1.807, 2.05) is 6.92 Å². The quantitative estimate of drug-likeness (QED) is 0.772. The van der Waals surface area contributed by atoms with Crippen LogP contribution in [0.2, 0.25) is 0 Å². The molecule has 3 N–H and O–H groups in total. The van der Waals surface area contributed by atoms with E-state index in [0.29, 0.717) is 12.4 Å². The first-order valence-electron chi connectivity index (χ1n) is 6.26. The fourth-order valence-electron chi connectivity index (χ4n) is 1.63. The Morgan fingerprint density at radius 1 is 1.55 bits per heavy atom. The van der Waals surface area contributed by atoms with Gasteiger partial charge in [0.15, 0.2) is 5.82 Å². The summed E-state index contributed by atoms with van der Waals surface area (Å²) in [5.74, 6) is -0.340. The predicted octanol–water partition coefficient (Wildman–Crippen LogP) is 0.729. The van der Waals surface area contributed by atoms with Crippen LogP contribution in [-0.4, -0.2) is 48.5 Å². The molecule has 1 heterocycles. The first-order chi connectivity index (χ1) is 9.42. The largest absolute Gasteiger partial charge is 0.465 e. The molecular weight excluding hydrogens is 260 g/mol. The van der Waals surface area contributed by atoms with Gasteiger partial charge in [-0.05, 0) is 19.9 Å². The molecule has 1 amide bonds. The monoisotopic (exact) mass is 280 g/mol. The van der Waals surface area contributed by atoms with Crippen LogP contribution < -0.4 is 11.1 Å². The molecule has 0 saturated carbocycles. The van der Waals surface area contributed by atoms with E-state index in [2.05, 4.69) is 15.0 Å². The van der Waals surface area contributed by atoms with E-state index in [-0.39, 0.29) is 17.2 Å². The Morgan fingerprint density at radius 3 is 2.75 bits per heavy atom. The third-order valence-electron chi connectivity index (χ3n) is 2.97. The van der Waals surface area contributed by atoms with Crippen LogP contribution >= 0.6 is 0 Å². The second-order valence-electron chi connectivity index (χ2n) is 4.33. The maximum absolute atomic E-state index is 12.0. The van der Waals surface area contributed by atoms with Crippen LogP contribution in [0.4, 0.5) is 11.5 Å². The van der Waals surface area contributed by atoms with Crippen molar-refractivity contribution in [1.82, 2.24) is 9.88 Å². The summed E-state index contributed by atoms with van der Waals surface area (Å²) in [6.45, 7) is 4.20. The number of carbonyl (C=O) groups excluding carboxylic acids is 2. The van der Waals surface area contributed by atoms with E-state index in [1.165, 1.54) is 19.4 Å². The lowest BCUT2D eigenvalue weighted by Crippen LogP contribution is -2.39. The van der Waals surface area contributed by atoms with E-state index in [1.54, 1.807) is 18.9 Å². The number of hydrogen-bond acceptors (Lipinski definition) is 6. The smallest absolute Gasteiger partial charge is 0.340 e. The molecule has 0 spiro atoms. The zero-order chi connectivity index (χ0) is 15.3. The first kappa shape index (κ1) is 15.7. The molecule has 1 unspecified atom stereocenters. The Hall–Kier alpha value is -2.31. The number of esters is 1. The van der Waals surface area contributed by atoms with Gasteiger partial charge in [-0.1, -0.05) is 0 Å². The molecule has 0 aliphatic rings. The number of nitrogens with one attached hydrogen (secondary N) is 1. The number of likely N-dealkylation sites (N-methyl/N-ethyl adjacent to an activating group) is 1. The van der Waals surface area contributed by atoms with Crippen LogP contribution in [0, 0.1) is 0 Å². The van der Waals surface area contributed by atoms with Crippen LogP contribution in [0.3, 0.4) is 0 Å². The molecule has 1 aromatic heterocycles. The minimum atomic E-state index is -0.544. The number of nitrogen functional groups attached to an aromatic ring is 1. The third-order valence-corrected chi connectivity index (χ3v) is 2.97. The van der Waals surface area contributed by atoms with Gasteiger partial charge in [-0.25, -0.2) is 9.78 Å². The van der Waals surface area contributed by atoms with Gasteiger partial charge < -0.3 is 20.7 Å². The molecular formula is C13H20N4O3. The van der Waals surface area contributed by atoms with Crippen molar-refractivity contribution < 1.29 is 14.3 Å². The van der Waals surface area contributed by atoms with E-state index < -0.39 is 12.0 Å². The number of aromatic nitrogens is 1. The lowest BCUT2D eigenvalue weighted by Gasteiger charge is -2.21. The van der Waals surface area contributed by atoms with Crippen molar-refractivity contribution in [3.63, 3.8) is 0 Å². The van der Waals surface area contributed by atoms with E-state index >= 15 is 0 Å². The van der Waals surface area contributed by atoms with E-state index in [4.69, 9.17) is 5.73 Å². The molecule has 7 heteroatoms. The summed E-state index contributed by atoms with van der Waals surface area (Å²) >= 11 is 0. The number of amides is 1. The lowest BCUT2D eigenvalue weighted by molar-refractivity contribution is -0.130. The maximum atomic E-state index is 12.0. The van der Waals surface area contributed by atoms with Gasteiger partial charge in [-0.15, -0.1) is 0 Å². The number of methoxy groups -OCH3 is 1. The summed E-state index contributed by atoms with van der Waals surface area (Å²) in [5.41, 5.74) is 6.25. The van der Waals surface area contributed by atoms with Crippen LogP contribution in [-0.2, 0) is 9.53 Å². The molecule has 0 aliphatic heterocycles. The topological polar surface area (TPSA) is 97.5 Å². The molecule has 1 rings (SSSR count). The predicted molar refractivity (Wildman–Crippen MR) is 76.4 cm³/mol. The number of anilines is 2. The Morgan fingerprint density at radius 2 is 2.20 bits per heavy atom. The van der Waals surface area contributed by atoms with Crippen molar-refractivity contribution in [2.24, 2.45) is 0 Å². The van der Waals surface area contributed by atoms with Crippen LogP contribution in [0.15, 0.2) is 12.3 Å². The van der Waals surface area contributed by atoms with Gasteiger partial charge in [0.1, 0.15) is 6.04 Å². The fraction of sp³-hybridized carbons (Fsp3) is 0.462. The zero-order valence-corrected chi connectivity index (χ0v) is 12.1. The molecule has 0 fully saturated rings. The van der Waals surface area contributed by atoms with Gasteiger partial charge in [0.25, 0.3) is 0 Å². The standard InChI is InChI=1S/C13H20N4O3/c1-5-17(3)12(18)8(2)16-11-10(14)9(6-7-15-11)13(19)20-4/h6-8H,5,14H2,1-4H3,(H,15,16). The Bertz CT molecular complexity index is 504. The highest BCUT2D eigenvalue weighted by molar-refractivity contribution is 5.98. The van der Waals surface area contributed by atoms with Crippen molar-refractivity contribution >= 4 is 23.4 Å². The third kappa shape index (κ3) is 3.37. The number of rotatable bonds is 5. The average molecular weight is 280 g/mol. The molecule has 0 saturated heterocycles. The maximum Gasteiger partial charge on any atom is 0.340 e. The molecule has 0 radical (unpaired) electrons. The summed E-state index contributed by atoms with van der Waals surface area (Å²) in [6, 6.07) is 0.972. The number of hydrogen-bond donors (Lipinski definition) is 2. The van der Waals surface area contributed by atoms with E-state index in [0.717, 1.165) is 0 Å². The fourth-order valence-corrected chi connectivity index (χ4v) is 1.63. The highest BCUT2D eigenvalue weighted by Gasteiger charge is 2.20. The second-order valence-corrected chi connectivity index (χ2v) is 4.33. The van der Waals surface area contributed by atoms with Crippen molar-refractivity contribution in [3.8, 4) is 0 Å². The Balaban J connectivity index is 2.93. The number of nitrogens with zero attached hydrogens (tertiary/aromatic N) is 2. The number of pyridine rings is 1. The van der Waals surface area contributed by atoms with Crippen LogP contribution in [0.5, 0.6) is 0 Å². The summed E-state index contributed by atoms with van der Waals surface area (Å²) < 4.78 is 4.63. The van der Waals surface area contributed by atoms with Crippen molar-refractivity contribution in [1.29, 1.82) is 0 Å². The summed E-state index contributed by atoms with van der Waals surface area (Å²) in [5, 5.41) is 2.91. The summed E-state index contributed by atoms with van der Waals surface area (Å²) in [6.07, 6.45) is 1.44. The van der Waals surface area contributed by atoms with Gasteiger partial charge >= 0.3 is 5.97 Å². The molecule has 0 aromatic carbocycles. The van der Waals surface area contributed by atoms with Gasteiger partial charge in [-0.3, -0.25) is 4.79 Å². The van der Waals surface area contributed by atoms with Crippen LogP contribution in [0.1, 0.15) is 24.2 Å². The molecule has 7 nitrogen and oxygen atoms in total. The van der Waals surface area contributed by atoms with Gasteiger partial charge in [-0.2, -0.15) is 0 Å². The van der Waals surface area contributed by atoms with E-state index in [9.17, 15) is 9.59 Å². The molecule has 0 aliphatic carbocycles. The normalized spacial score (nSPS) is 11.6. The molecule has 0 bridgehead atoms. The highest BCUT2D eigenvalue weighted by atomic mass is 16.5. The average Bonchev–Trinajstić information content (AvgIpc) is 2.46.